The Bertz CT molecular complexity index is 2580. The molecule has 5 nitrogen and oxygen atoms in total. The fraction of sp³-hybridized carbons (Fsp3) is 0.0476. The average molecular weight is 608 g/mol. The van der Waals surface area contributed by atoms with Gasteiger partial charge in [0, 0.05) is 16.2 Å². The van der Waals surface area contributed by atoms with Crippen LogP contribution in [0.2, 0.25) is 0 Å². The summed E-state index contributed by atoms with van der Waals surface area (Å²) in [7, 11) is 0. The summed E-state index contributed by atoms with van der Waals surface area (Å²) >= 11 is 0. The fourth-order valence-electron chi connectivity index (χ4n) is 6.59. The number of hydrogen-bond acceptors (Lipinski definition) is 4. The van der Waals surface area contributed by atoms with E-state index in [2.05, 4.69) is 90.0 Å². The van der Waals surface area contributed by atoms with E-state index in [0.29, 0.717) is 13.2 Å². The number of benzene rings is 7. The smallest absolute Gasteiger partial charge is 0.146 e. The minimum atomic E-state index is 0.434. The molecule has 5 heteroatoms. The summed E-state index contributed by atoms with van der Waals surface area (Å²) < 4.78 is 13.2. The molecular weight excluding hydrogens is 578 g/mol. The molecule has 7 aromatic carbocycles. The van der Waals surface area contributed by atoms with Crippen molar-refractivity contribution in [2.24, 2.45) is 0 Å². The number of para-hydroxylation sites is 1. The summed E-state index contributed by atoms with van der Waals surface area (Å²) in [4.78, 5) is 5.31. The first-order valence-corrected chi connectivity index (χ1v) is 15.8. The van der Waals surface area contributed by atoms with Crippen molar-refractivity contribution in [3.63, 3.8) is 0 Å². The van der Waals surface area contributed by atoms with E-state index in [-0.39, 0.29) is 0 Å². The summed E-state index contributed by atoms with van der Waals surface area (Å²) in [5.74, 6) is 1.50. The van der Waals surface area contributed by atoms with Crippen molar-refractivity contribution < 1.29 is 9.47 Å². The van der Waals surface area contributed by atoms with Crippen molar-refractivity contribution in [3.05, 3.63) is 157 Å². The van der Waals surface area contributed by atoms with Crippen LogP contribution in [0.4, 0.5) is 0 Å². The van der Waals surface area contributed by atoms with Crippen molar-refractivity contribution in [3.8, 4) is 22.6 Å². The molecule has 2 heterocycles. The molecule has 0 aliphatic rings. The van der Waals surface area contributed by atoms with E-state index in [1.807, 2.05) is 60.7 Å². The van der Waals surface area contributed by atoms with Crippen molar-refractivity contribution in [2.45, 2.75) is 13.2 Å². The Morgan fingerprint density at radius 1 is 0.489 bits per heavy atom. The molecule has 1 N–H and O–H groups in total. The molecule has 0 saturated heterocycles. The summed E-state index contributed by atoms with van der Waals surface area (Å²) in [6.07, 6.45) is 0. The van der Waals surface area contributed by atoms with Crippen LogP contribution in [0, 0.1) is 0 Å². The number of rotatable bonds is 7. The predicted octanol–water partition coefficient (Wildman–Crippen LogP) is 10.4. The zero-order valence-corrected chi connectivity index (χ0v) is 25.5. The highest BCUT2D eigenvalue weighted by atomic mass is 16.5. The number of nitrogens with zero attached hydrogens (tertiary/aromatic N) is 2. The van der Waals surface area contributed by atoms with Crippen LogP contribution in [0.5, 0.6) is 11.5 Å². The third kappa shape index (κ3) is 4.80. The second-order valence-electron chi connectivity index (χ2n) is 11.8. The Balaban J connectivity index is 1.32. The topological polar surface area (TPSA) is 60.0 Å². The molecule has 0 fully saturated rings. The average Bonchev–Trinajstić information content (AvgIpc) is 3.53. The van der Waals surface area contributed by atoms with E-state index in [0.717, 1.165) is 77.4 Å². The summed E-state index contributed by atoms with van der Waals surface area (Å²) in [5.41, 5.74) is 7.70. The second-order valence-corrected chi connectivity index (χ2v) is 11.8. The van der Waals surface area contributed by atoms with Crippen LogP contribution in [0.25, 0.3) is 65.5 Å². The highest BCUT2D eigenvalue weighted by Gasteiger charge is 2.22. The Morgan fingerprint density at radius 3 is 1.96 bits per heavy atom. The van der Waals surface area contributed by atoms with Crippen LogP contribution in [0.1, 0.15) is 11.1 Å². The summed E-state index contributed by atoms with van der Waals surface area (Å²) in [5, 5.41) is 14.5. The Kier molecular flexibility index (Phi) is 6.53. The number of H-pyrrole nitrogens is 1. The number of hydrogen-bond donors (Lipinski definition) is 1. The van der Waals surface area contributed by atoms with Crippen LogP contribution < -0.4 is 9.47 Å². The molecular formula is C42H29N3O2. The standard InChI is InChI=1S/C42H29N3O2/c1-3-11-27(12-4-1)25-46-36-22-21-32(31-20-19-29-15-7-8-16-30(29)23-31)38-34-24-37(47-26-28-13-5-2-6-14-28)39-33-17-9-10-18-35(33)44-45-42(39)40(34)43-41(36)38/h1-24,44H,25-26H2. The van der Waals surface area contributed by atoms with Gasteiger partial charge >= 0.3 is 0 Å². The lowest BCUT2D eigenvalue weighted by Crippen LogP contribution is -1.98. The molecule has 0 atom stereocenters. The van der Waals surface area contributed by atoms with Gasteiger partial charge in [-0.05, 0) is 63.4 Å². The van der Waals surface area contributed by atoms with E-state index in [9.17, 15) is 0 Å². The van der Waals surface area contributed by atoms with Gasteiger partial charge in [0.2, 0.25) is 0 Å². The van der Waals surface area contributed by atoms with E-state index in [4.69, 9.17) is 19.6 Å². The lowest BCUT2D eigenvalue weighted by molar-refractivity contribution is 0.309. The van der Waals surface area contributed by atoms with Crippen molar-refractivity contribution in [1.82, 2.24) is 15.2 Å². The van der Waals surface area contributed by atoms with Gasteiger partial charge in [-0.25, -0.2) is 4.98 Å². The molecule has 9 aromatic rings. The zero-order chi connectivity index (χ0) is 31.2. The fourth-order valence-corrected chi connectivity index (χ4v) is 6.59. The van der Waals surface area contributed by atoms with Gasteiger partial charge in [-0.2, -0.15) is 5.10 Å². The monoisotopic (exact) mass is 607 g/mol. The lowest BCUT2D eigenvalue weighted by atomic mass is 9.96. The van der Waals surface area contributed by atoms with E-state index < -0.39 is 0 Å². The Labute approximate surface area is 271 Å². The highest BCUT2D eigenvalue weighted by Crippen LogP contribution is 2.45. The van der Waals surface area contributed by atoms with Gasteiger partial charge in [0.05, 0.1) is 10.9 Å². The molecule has 47 heavy (non-hydrogen) atoms. The van der Waals surface area contributed by atoms with Gasteiger partial charge in [0.25, 0.3) is 0 Å². The van der Waals surface area contributed by atoms with Gasteiger partial charge in [0.15, 0.2) is 0 Å². The first-order chi connectivity index (χ1) is 23.3. The maximum atomic E-state index is 6.67. The van der Waals surface area contributed by atoms with E-state index in [1.165, 1.54) is 10.8 Å². The summed E-state index contributed by atoms with van der Waals surface area (Å²) in [6.45, 7) is 0.876. The highest BCUT2D eigenvalue weighted by molar-refractivity contribution is 6.25. The van der Waals surface area contributed by atoms with Crippen LogP contribution in [-0.4, -0.2) is 15.2 Å². The molecule has 0 aliphatic carbocycles. The molecule has 9 rings (SSSR count). The van der Waals surface area contributed by atoms with Gasteiger partial charge in [-0.3, -0.25) is 5.10 Å². The maximum Gasteiger partial charge on any atom is 0.146 e. The number of aromatic nitrogens is 3. The first-order valence-electron chi connectivity index (χ1n) is 15.8. The molecule has 0 bridgehead atoms. The lowest BCUT2D eigenvalue weighted by Gasteiger charge is -2.13. The minimum absolute atomic E-state index is 0.434. The first kappa shape index (κ1) is 27.1. The van der Waals surface area contributed by atoms with Gasteiger partial charge in [-0.15, -0.1) is 0 Å². The van der Waals surface area contributed by atoms with Gasteiger partial charge in [0.1, 0.15) is 41.3 Å². The molecule has 0 radical (unpaired) electrons. The van der Waals surface area contributed by atoms with Gasteiger partial charge in [-0.1, -0.05) is 115 Å². The number of ether oxygens (including phenoxy) is 2. The van der Waals surface area contributed by atoms with Crippen LogP contribution in [-0.2, 0) is 13.2 Å². The third-order valence-electron chi connectivity index (χ3n) is 8.89. The minimum Gasteiger partial charge on any atom is -0.488 e. The van der Waals surface area contributed by atoms with Crippen molar-refractivity contribution >= 4 is 54.4 Å². The molecule has 0 unspecified atom stereocenters. The zero-order valence-electron chi connectivity index (χ0n) is 25.5. The predicted molar refractivity (Wildman–Crippen MR) is 191 cm³/mol. The maximum absolute atomic E-state index is 6.67. The van der Waals surface area contributed by atoms with Gasteiger partial charge < -0.3 is 9.47 Å². The molecule has 0 spiro atoms. The number of nitrogens with one attached hydrogen (secondary N) is 1. The van der Waals surface area contributed by atoms with E-state index in [1.54, 1.807) is 0 Å². The number of aromatic amines is 1. The number of fused-ring (bicyclic) bond motifs is 8. The Hall–Kier alpha value is -6.20. The quantitative estimate of drug-likeness (QED) is 0.183. The SMILES string of the molecule is c1ccc(COc2ccc(-c3ccc4ccccc4c3)c3c2nc2c3cc(OCc3ccccc3)c3c4ccccc4[nH]nc23)cc1. The molecule has 0 saturated carbocycles. The van der Waals surface area contributed by atoms with E-state index >= 15 is 0 Å². The van der Waals surface area contributed by atoms with Crippen LogP contribution >= 0.6 is 0 Å². The summed E-state index contributed by atoms with van der Waals surface area (Å²) in [6, 6.07) is 50.1. The normalized spacial score (nSPS) is 11.6. The molecule has 0 aliphatic heterocycles. The third-order valence-corrected chi connectivity index (χ3v) is 8.89. The Morgan fingerprint density at radius 2 is 1.17 bits per heavy atom. The molecule has 2 aromatic heterocycles. The second kappa shape index (κ2) is 11.3. The van der Waals surface area contributed by atoms with Crippen molar-refractivity contribution in [2.75, 3.05) is 0 Å². The molecule has 0 amide bonds. The molecule has 224 valence electrons. The van der Waals surface area contributed by atoms with Crippen LogP contribution in [0.3, 0.4) is 0 Å². The van der Waals surface area contributed by atoms with Crippen LogP contribution in [0.15, 0.2) is 146 Å². The van der Waals surface area contributed by atoms with Crippen molar-refractivity contribution in [1.29, 1.82) is 0 Å². The largest absolute Gasteiger partial charge is 0.488 e.